The summed E-state index contributed by atoms with van der Waals surface area (Å²) in [6.07, 6.45) is 7.54. The van der Waals surface area contributed by atoms with Crippen LogP contribution in [0, 0.1) is 0 Å². The molecule has 0 radical (unpaired) electrons. The average Bonchev–Trinajstić information content (AvgIpc) is 2.47. The van der Waals surface area contributed by atoms with Gasteiger partial charge >= 0.3 is 0 Å². The Kier molecular flexibility index (Phi) is 8.62. The van der Waals surface area contributed by atoms with Crippen molar-refractivity contribution in [3.63, 3.8) is 0 Å². The number of unbranched alkanes of at least 4 members (excludes halogenated alkanes) is 5. The summed E-state index contributed by atoms with van der Waals surface area (Å²) in [6, 6.07) is 8.68. The van der Waals surface area contributed by atoms with E-state index in [1.54, 1.807) is 24.3 Å². The molecule has 1 atom stereocenters. The minimum atomic E-state index is -3.18. The second-order valence-corrected chi connectivity index (χ2v) is 7.75. The third kappa shape index (κ3) is 7.63. The first-order valence-corrected chi connectivity index (χ1v) is 9.72. The normalized spacial score (nSPS) is 13.2. The second kappa shape index (κ2) is 9.96. The van der Waals surface area contributed by atoms with Crippen molar-refractivity contribution in [2.75, 3.05) is 12.3 Å². The van der Waals surface area contributed by atoms with Crippen LogP contribution in [0.1, 0.15) is 52.4 Å². The summed E-state index contributed by atoms with van der Waals surface area (Å²) in [7, 11) is -3.18. The lowest BCUT2D eigenvalue weighted by Gasteiger charge is -2.14. The lowest BCUT2D eigenvalue weighted by molar-refractivity contribution is 0.527. The van der Waals surface area contributed by atoms with Crippen LogP contribution < -0.4 is 5.32 Å². The largest absolute Gasteiger partial charge is 0.313 e. The maximum atomic E-state index is 12.2. The van der Waals surface area contributed by atoms with Crippen molar-refractivity contribution >= 4 is 9.84 Å². The molecule has 3 nitrogen and oxygen atoms in total. The topological polar surface area (TPSA) is 46.2 Å². The highest BCUT2D eigenvalue weighted by molar-refractivity contribution is 7.91. The Balaban J connectivity index is 2.23. The molecule has 21 heavy (non-hydrogen) atoms. The quantitative estimate of drug-likeness (QED) is 0.632. The summed E-state index contributed by atoms with van der Waals surface area (Å²) in [4.78, 5) is 0.415. The summed E-state index contributed by atoms with van der Waals surface area (Å²) in [5, 5.41) is 3.32. The molecule has 0 bridgehead atoms. The molecule has 0 aliphatic rings. The van der Waals surface area contributed by atoms with Crippen molar-refractivity contribution in [2.24, 2.45) is 0 Å². The Morgan fingerprint density at radius 1 is 1.00 bits per heavy atom. The molecule has 0 aromatic heterocycles. The summed E-state index contributed by atoms with van der Waals surface area (Å²) >= 11 is 0. The van der Waals surface area contributed by atoms with Crippen molar-refractivity contribution in [1.29, 1.82) is 0 Å². The molecule has 0 unspecified atom stereocenters. The van der Waals surface area contributed by atoms with Crippen molar-refractivity contribution in [1.82, 2.24) is 5.32 Å². The van der Waals surface area contributed by atoms with E-state index < -0.39 is 9.84 Å². The summed E-state index contributed by atoms with van der Waals surface area (Å²) < 4.78 is 24.4. The first kappa shape index (κ1) is 18.2. The number of hydrogen-bond donors (Lipinski definition) is 1. The van der Waals surface area contributed by atoms with Gasteiger partial charge in [-0.05, 0) is 32.0 Å². The first-order chi connectivity index (χ1) is 10.1. The molecule has 0 fully saturated rings. The fourth-order valence-corrected chi connectivity index (χ4v) is 3.91. The minimum Gasteiger partial charge on any atom is -0.313 e. The molecular weight excluding hydrogens is 282 g/mol. The van der Waals surface area contributed by atoms with E-state index in [0.717, 1.165) is 13.0 Å². The third-order valence-corrected chi connectivity index (χ3v) is 5.52. The number of benzene rings is 1. The van der Waals surface area contributed by atoms with E-state index >= 15 is 0 Å². The van der Waals surface area contributed by atoms with Crippen LogP contribution >= 0.6 is 0 Å². The molecule has 0 amide bonds. The average molecular weight is 311 g/mol. The Hall–Kier alpha value is -0.870. The lowest BCUT2D eigenvalue weighted by Crippen LogP contribution is -2.33. The van der Waals surface area contributed by atoms with Crippen molar-refractivity contribution < 1.29 is 8.42 Å². The number of nitrogens with one attached hydrogen (secondary N) is 1. The van der Waals surface area contributed by atoms with Gasteiger partial charge in [0.05, 0.1) is 10.6 Å². The molecule has 0 saturated heterocycles. The van der Waals surface area contributed by atoms with Gasteiger partial charge in [0.15, 0.2) is 9.84 Å². The fourth-order valence-electron chi connectivity index (χ4n) is 2.37. The fraction of sp³-hybridized carbons (Fsp3) is 0.647. The van der Waals surface area contributed by atoms with E-state index in [2.05, 4.69) is 12.2 Å². The Labute approximate surface area is 130 Å². The van der Waals surface area contributed by atoms with Crippen LogP contribution in [-0.2, 0) is 9.84 Å². The second-order valence-electron chi connectivity index (χ2n) is 5.72. The Morgan fingerprint density at radius 3 is 2.29 bits per heavy atom. The van der Waals surface area contributed by atoms with Gasteiger partial charge in [0.1, 0.15) is 0 Å². The Morgan fingerprint density at radius 2 is 1.62 bits per heavy atom. The lowest BCUT2D eigenvalue weighted by atomic mass is 10.1. The van der Waals surface area contributed by atoms with Crippen LogP contribution in [-0.4, -0.2) is 26.8 Å². The molecule has 1 N–H and O–H groups in total. The zero-order chi connectivity index (χ0) is 15.6. The molecule has 0 aliphatic heterocycles. The number of hydrogen-bond acceptors (Lipinski definition) is 3. The molecule has 1 aromatic carbocycles. The van der Waals surface area contributed by atoms with Gasteiger partial charge < -0.3 is 5.32 Å². The zero-order valence-electron chi connectivity index (χ0n) is 13.3. The van der Waals surface area contributed by atoms with Gasteiger partial charge in [0, 0.05) is 6.04 Å². The molecular formula is C17H29NO2S. The van der Waals surface area contributed by atoms with Gasteiger partial charge in [-0.3, -0.25) is 0 Å². The van der Waals surface area contributed by atoms with Crippen molar-refractivity contribution in [3.05, 3.63) is 30.3 Å². The Bertz CT molecular complexity index is 471. The van der Waals surface area contributed by atoms with Crippen LogP contribution in [0.5, 0.6) is 0 Å². The highest BCUT2D eigenvalue weighted by Gasteiger charge is 2.17. The predicted molar refractivity (Wildman–Crippen MR) is 89.3 cm³/mol. The maximum Gasteiger partial charge on any atom is 0.179 e. The van der Waals surface area contributed by atoms with Crippen LogP contribution in [0.3, 0.4) is 0 Å². The van der Waals surface area contributed by atoms with E-state index in [-0.39, 0.29) is 11.8 Å². The summed E-state index contributed by atoms with van der Waals surface area (Å²) in [6.45, 7) is 5.06. The summed E-state index contributed by atoms with van der Waals surface area (Å²) in [5.41, 5.74) is 0. The molecule has 0 saturated carbocycles. The molecule has 120 valence electrons. The highest BCUT2D eigenvalue weighted by atomic mass is 32.2. The van der Waals surface area contributed by atoms with Crippen LogP contribution in [0.4, 0.5) is 0 Å². The van der Waals surface area contributed by atoms with E-state index in [0.29, 0.717) is 4.90 Å². The molecule has 0 spiro atoms. The van der Waals surface area contributed by atoms with E-state index in [1.165, 1.54) is 32.1 Å². The van der Waals surface area contributed by atoms with E-state index in [9.17, 15) is 8.42 Å². The smallest absolute Gasteiger partial charge is 0.179 e. The predicted octanol–water partition coefficient (Wildman–Crippen LogP) is 3.80. The summed E-state index contributed by atoms with van der Waals surface area (Å²) in [5.74, 6) is 0.160. The number of rotatable bonds is 11. The minimum absolute atomic E-state index is 0.00847. The standard InChI is InChI=1S/C17H29NO2S/c1-3-4-5-6-7-11-14-18-16(2)15-21(19,20)17-12-9-8-10-13-17/h8-10,12-13,16,18H,3-7,11,14-15H2,1-2H3/t16-/m0/s1. The SMILES string of the molecule is CCCCCCCCN[C@@H](C)CS(=O)(=O)c1ccccc1. The van der Waals surface area contributed by atoms with Gasteiger partial charge in [0.25, 0.3) is 0 Å². The maximum absolute atomic E-state index is 12.2. The number of sulfone groups is 1. The van der Waals surface area contributed by atoms with E-state index in [1.807, 2.05) is 13.0 Å². The van der Waals surface area contributed by atoms with Gasteiger partial charge in [-0.15, -0.1) is 0 Å². The van der Waals surface area contributed by atoms with Crippen molar-refractivity contribution in [2.45, 2.75) is 63.3 Å². The third-order valence-electron chi connectivity index (χ3n) is 3.59. The van der Waals surface area contributed by atoms with Crippen LogP contribution in [0.25, 0.3) is 0 Å². The molecule has 1 rings (SSSR count). The molecule has 1 aromatic rings. The van der Waals surface area contributed by atoms with Crippen LogP contribution in [0.15, 0.2) is 35.2 Å². The van der Waals surface area contributed by atoms with Crippen molar-refractivity contribution in [3.8, 4) is 0 Å². The van der Waals surface area contributed by atoms with E-state index in [4.69, 9.17) is 0 Å². The van der Waals surface area contributed by atoms with Gasteiger partial charge in [-0.1, -0.05) is 57.2 Å². The van der Waals surface area contributed by atoms with Gasteiger partial charge in [-0.2, -0.15) is 0 Å². The monoisotopic (exact) mass is 311 g/mol. The van der Waals surface area contributed by atoms with Gasteiger partial charge in [0.2, 0.25) is 0 Å². The molecule has 0 aliphatic carbocycles. The molecule has 4 heteroatoms. The van der Waals surface area contributed by atoms with Crippen LogP contribution in [0.2, 0.25) is 0 Å². The zero-order valence-corrected chi connectivity index (χ0v) is 14.2. The molecule has 0 heterocycles. The first-order valence-electron chi connectivity index (χ1n) is 8.07. The van der Waals surface area contributed by atoms with Gasteiger partial charge in [-0.25, -0.2) is 8.42 Å². The highest BCUT2D eigenvalue weighted by Crippen LogP contribution is 2.11.